The average Bonchev–Trinajstić information content (AvgIpc) is 3.29. The Morgan fingerprint density at radius 1 is 1.17 bits per heavy atom. The van der Waals surface area contributed by atoms with Gasteiger partial charge in [0.1, 0.15) is 23.9 Å². The van der Waals surface area contributed by atoms with Crippen molar-refractivity contribution >= 4 is 28.5 Å². The van der Waals surface area contributed by atoms with Crippen LogP contribution in [0, 0.1) is 0 Å². The van der Waals surface area contributed by atoms with Gasteiger partial charge in [-0.25, -0.2) is 9.97 Å². The first-order valence-electron chi connectivity index (χ1n) is 9.86. The van der Waals surface area contributed by atoms with Crippen LogP contribution in [0.5, 0.6) is 0 Å². The number of hydrogen-bond donors (Lipinski definition) is 2. The fraction of sp³-hybridized carbons (Fsp3) is 0.333. The number of nitrogen functional groups attached to an aromatic ring is 1. The standard InChI is InChI=1S/C21H24N6O3/c1-14(23-20(28)15-6-11-30-13-15)21(29)27-9-7-26(8-10-27)12-18-24-17-5-3-2-4-16(17)19(22)25-18/h2-6,11,13-14H,7-10,12H2,1H3,(H,23,28)(H2,22,24,25)/t14-/m1/s1. The number of para-hydroxylation sites is 1. The Bertz CT molecular complexity index is 1040. The second kappa shape index (κ2) is 8.50. The number of piperazine rings is 1. The third kappa shape index (κ3) is 4.25. The highest BCUT2D eigenvalue weighted by Crippen LogP contribution is 2.18. The van der Waals surface area contributed by atoms with Crippen LogP contribution in [0.15, 0.2) is 47.3 Å². The Labute approximate surface area is 173 Å². The number of amides is 2. The average molecular weight is 408 g/mol. The molecule has 0 bridgehead atoms. The van der Waals surface area contributed by atoms with Crippen LogP contribution < -0.4 is 11.1 Å². The molecule has 1 aliphatic rings. The van der Waals surface area contributed by atoms with Crippen LogP contribution in [-0.4, -0.2) is 63.8 Å². The molecule has 0 unspecified atom stereocenters. The zero-order chi connectivity index (χ0) is 21.1. The van der Waals surface area contributed by atoms with E-state index in [9.17, 15) is 9.59 Å². The van der Waals surface area contributed by atoms with E-state index in [-0.39, 0.29) is 11.8 Å². The van der Waals surface area contributed by atoms with E-state index in [1.807, 2.05) is 24.3 Å². The fourth-order valence-electron chi connectivity index (χ4n) is 3.56. The maximum Gasteiger partial charge on any atom is 0.255 e. The minimum absolute atomic E-state index is 0.0994. The molecule has 9 nitrogen and oxygen atoms in total. The number of nitrogens with one attached hydrogen (secondary N) is 1. The van der Waals surface area contributed by atoms with Gasteiger partial charge < -0.3 is 20.4 Å². The van der Waals surface area contributed by atoms with E-state index in [4.69, 9.17) is 10.2 Å². The summed E-state index contributed by atoms with van der Waals surface area (Å²) in [4.78, 5) is 37.8. The number of furan rings is 1. The Hall–Kier alpha value is -3.46. The maximum atomic E-state index is 12.7. The van der Waals surface area contributed by atoms with E-state index in [0.29, 0.717) is 49.9 Å². The largest absolute Gasteiger partial charge is 0.472 e. The molecule has 3 N–H and O–H groups in total. The van der Waals surface area contributed by atoms with Crippen LogP contribution >= 0.6 is 0 Å². The number of nitrogens with zero attached hydrogens (tertiary/aromatic N) is 4. The zero-order valence-corrected chi connectivity index (χ0v) is 16.7. The molecule has 1 aliphatic heterocycles. The number of carbonyl (C=O) groups excluding carboxylic acids is 2. The summed E-state index contributed by atoms with van der Waals surface area (Å²) in [5.74, 6) is 0.727. The van der Waals surface area contributed by atoms with Crippen LogP contribution in [0.2, 0.25) is 0 Å². The summed E-state index contributed by atoms with van der Waals surface area (Å²) in [6, 6.07) is 8.62. The number of aromatic nitrogens is 2. The predicted octanol–water partition coefficient (Wildman–Crippen LogP) is 1.27. The Morgan fingerprint density at radius 2 is 1.93 bits per heavy atom. The van der Waals surface area contributed by atoms with Gasteiger partial charge in [0.15, 0.2) is 0 Å². The summed E-state index contributed by atoms with van der Waals surface area (Å²) in [5, 5.41) is 3.57. The molecule has 2 amide bonds. The van der Waals surface area contributed by atoms with E-state index in [1.54, 1.807) is 17.9 Å². The lowest BCUT2D eigenvalue weighted by atomic mass is 10.2. The maximum absolute atomic E-state index is 12.7. The fourth-order valence-corrected chi connectivity index (χ4v) is 3.56. The number of rotatable bonds is 5. The summed E-state index contributed by atoms with van der Waals surface area (Å²) in [5.41, 5.74) is 7.30. The molecule has 156 valence electrons. The van der Waals surface area contributed by atoms with Crippen molar-refractivity contribution in [2.75, 3.05) is 31.9 Å². The third-order valence-corrected chi connectivity index (χ3v) is 5.23. The summed E-state index contributed by atoms with van der Waals surface area (Å²) in [6.07, 6.45) is 2.78. The summed E-state index contributed by atoms with van der Waals surface area (Å²) < 4.78 is 4.91. The van der Waals surface area contributed by atoms with Crippen molar-refractivity contribution < 1.29 is 14.0 Å². The van der Waals surface area contributed by atoms with E-state index < -0.39 is 6.04 Å². The molecule has 1 atom stereocenters. The number of fused-ring (bicyclic) bond motifs is 1. The monoisotopic (exact) mass is 408 g/mol. The molecular formula is C21H24N6O3. The summed E-state index contributed by atoms with van der Waals surface area (Å²) >= 11 is 0. The number of nitrogens with two attached hydrogens (primary N) is 1. The van der Waals surface area contributed by atoms with E-state index >= 15 is 0 Å². The lowest BCUT2D eigenvalue weighted by Crippen LogP contribution is -2.54. The Morgan fingerprint density at radius 3 is 2.67 bits per heavy atom. The molecular weight excluding hydrogens is 384 g/mol. The molecule has 9 heteroatoms. The van der Waals surface area contributed by atoms with Crippen LogP contribution in [0.4, 0.5) is 5.82 Å². The summed E-state index contributed by atoms with van der Waals surface area (Å²) in [6.45, 7) is 4.82. The Kier molecular flexibility index (Phi) is 5.62. The highest BCUT2D eigenvalue weighted by atomic mass is 16.3. The van der Waals surface area contributed by atoms with Crippen molar-refractivity contribution in [1.82, 2.24) is 25.1 Å². The van der Waals surface area contributed by atoms with Crippen molar-refractivity contribution in [3.05, 3.63) is 54.2 Å². The molecule has 0 aliphatic carbocycles. The predicted molar refractivity (Wildman–Crippen MR) is 111 cm³/mol. The molecule has 2 aromatic heterocycles. The van der Waals surface area contributed by atoms with Crippen LogP contribution in [0.1, 0.15) is 23.1 Å². The lowest BCUT2D eigenvalue weighted by molar-refractivity contribution is -0.134. The van der Waals surface area contributed by atoms with Gasteiger partial charge in [-0.05, 0) is 25.1 Å². The zero-order valence-electron chi connectivity index (χ0n) is 16.7. The first-order valence-corrected chi connectivity index (χ1v) is 9.86. The van der Waals surface area contributed by atoms with Gasteiger partial charge in [-0.2, -0.15) is 0 Å². The van der Waals surface area contributed by atoms with E-state index in [1.165, 1.54) is 12.5 Å². The molecule has 4 rings (SSSR count). The van der Waals surface area contributed by atoms with Gasteiger partial charge in [-0.15, -0.1) is 0 Å². The SMILES string of the molecule is C[C@@H](NC(=O)c1ccoc1)C(=O)N1CCN(Cc2nc(N)c3ccccc3n2)CC1. The molecule has 3 aromatic rings. The first kappa shape index (κ1) is 19.8. The number of benzene rings is 1. The van der Waals surface area contributed by atoms with Crippen molar-refractivity contribution in [3.8, 4) is 0 Å². The van der Waals surface area contributed by atoms with E-state index in [2.05, 4.69) is 20.2 Å². The molecule has 0 saturated carbocycles. The normalized spacial score (nSPS) is 15.8. The lowest BCUT2D eigenvalue weighted by Gasteiger charge is -2.35. The second-order valence-electron chi connectivity index (χ2n) is 7.35. The minimum atomic E-state index is -0.609. The quantitative estimate of drug-likeness (QED) is 0.653. The third-order valence-electron chi connectivity index (χ3n) is 5.23. The second-order valence-corrected chi connectivity index (χ2v) is 7.35. The van der Waals surface area contributed by atoms with Crippen molar-refractivity contribution in [2.45, 2.75) is 19.5 Å². The topological polar surface area (TPSA) is 118 Å². The van der Waals surface area contributed by atoms with Crippen molar-refractivity contribution in [1.29, 1.82) is 0 Å². The van der Waals surface area contributed by atoms with Crippen LogP contribution in [0.3, 0.4) is 0 Å². The van der Waals surface area contributed by atoms with Gasteiger partial charge in [0, 0.05) is 31.6 Å². The molecule has 1 fully saturated rings. The van der Waals surface area contributed by atoms with Gasteiger partial charge in [-0.3, -0.25) is 14.5 Å². The number of hydrogen-bond acceptors (Lipinski definition) is 7. The van der Waals surface area contributed by atoms with Gasteiger partial charge >= 0.3 is 0 Å². The van der Waals surface area contributed by atoms with Crippen molar-refractivity contribution in [3.63, 3.8) is 0 Å². The number of carbonyl (C=O) groups is 2. The number of anilines is 1. The molecule has 0 spiro atoms. The van der Waals surface area contributed by atoms with E-state index in [0.717, 1.165) is 10.9 Å². The van der Waals surface area contributed by atoms with Gasteiger partial charge in [0.2, 0.25) is 5.91 Å². The van der Waals surface area contributed by atoms with Crippen LogP contribution in [0.25, 0.3) is 10.9 Å². The smallest absolute Gasteiger partial charge is 0.255 e. The Balaban J connectivity index is 1.31. The molecule has 0 radical (unpaired) electrons. The minimum Gasteiger partial charge on any atom is -0.472 e. The highest BCUT2D eigenvalue weighted by molar-refractivity contribution is 5.97. The van der Waals surface area contributed by atoms with Gasteiger partial charge in [0.25, 0.3) is 5.91 Å². The highest BCUT2D eigenvalue weighted by Gasteiger charge is 2.26. The van der Waals surface area contributed by atoms with Crippen LogP contribution in [-0.2, 0) is 11.3 Å². The van der Waals surface area contributed by atoms with Gasteiger partial charge in [-0.1, -0.05) is 12.1 Å². The van der Waals surface area contributed by atoms with Crippen molar-refractivity contribution in [2.24, 2.45) is 0 Å². The molecule has 30 heavy (non-hydrogen) atoms. The molecule has 3 heterocycles. The van der Waals surface area contributed by atoms with Gasteiger partial charge in [0.05, 0.1) is 23.9 Å². The summed E-state index contributed by atoms with van der Waals surface area (Å²) in [7, 11) is 0. The first-order chi connectivity index (χ1) is 14.5. The molecule has 1 aromatic carbocycles. The molecule has 1 saturated heterocycles.